The molecule has 8 heavy (non-hydrogen) atoms. The molecule has 0 aromatic rings. The highest BCUT2D eigenvalue weighted by Gasteiger charge is 1.97. The Morgan fingerprint density at radius 3 is 2.50 bits per heavy atom. The number of thiol groups is 1. The molecule has 0 spiro atoms. The highest BCUT2D eigenvalue weighted by atomic mass is 32.1. The van der Waals surface area contributed by atoms with Crippen molar-refractivity contribution >= 4 is 17.7 Å². The molecule has 0 aliphatic carbocycles. The molecule has 0 heterocycles. The average Bonchev–Trinajstić information content (AvgIpc) is 1.61. The zero-order chi connectivity index (χ0) is 6.57. The summed E-state index contributed by atoms with van der Waals surface area (Å²) < 4.78 is 0. The maximum Gasteiger partial charge on any atom is 0.186 e. The van der Waals surface area contributed by atoms with E-state index in [0.29, 0.717) is 12.8 Å². The van der Waals surface area contributed by atoms with E-state index in [9.17, 15) is 4.79 Å². The van der Waals surface area contributed by atoms with E-state index >= 15 is 0 Å². The first-order chi connectivity index (χ1) is 3.63. The molecule has 0 fully saturated rings. The molecule has 3 heteroatoms. The molecule has 48 valence electrons. The molecule has 0 radical (unpaired) electrons. The van der Waals surface area contributed by atoms with Crippen LogP contribution in [0.5, 0.6) is 0 Å². The summed E-state index contributed by atoms with van der Waals surface area (Å²) in [5, 5.41) is 8.45. The van der Waals surface area contributed by atoms with Gasteiger partial charge in [-0.05, 0) is 13.3 Å². The summed E-state index contributed by atoms with van der Waals surface area (Å²) in [6, 6.07) is 0. The zero-order valence-electron chi connectivity index (χ0n) is 4.79. The average molecular weight is 134 g/mol. The smallest absolute Gasteiger partial charge is 0.186 e. The maximum absolute atomic E-state index is 10.1. The lowest BCUT2D eigenvalue weighted by Crippen LogP contribution is -2.00. The molecule has 0 aromatic carbocycles. The van der Waals surface area contributed by atoms with Gasteiger partial charge in [0.05, 0.1) is 6.10 Å². The number of hydrogen-bond donors (Lipinski definition) is 2. The Labute approximate surface area is 54.3 Å². The van der Waals surface area contributed by atoms with Gasteiger partial charge < -0.3 is 5.11 Å². The van der Waals surface area contributed by atoms with E-state index in [1.54, 1.807) is 6.92 Å². The van der Waals surface area contributed by atoms with Crippen molar-refractivity contribution in [3.05, 3.63) is 0 Å². The van der Waals surface area contributed by atoms with Gasteiger partial charge in [-0.2, -0.15) is 0 Å². The molecular formula is C5H10O2S. The summed E-state index contributed by atoms with van der Waals surface area (Å²) in [4.78, 5) is 10.1. The van der Waals surface area contributed by atoms with Crippen LogP contribution in [0.2, 0.25) is 0 Å². The Kier molecular flexibility index (Phi) is 3.91. The van der Waals surface area contributed by atoms with Gasteiger partial charge in [-0.15, -0.1) is 12.6 Å². The molecule has 1 unspecified atom stereocenters. The standard InChI is InChI=1S/C5H10O2S/c1-4(6)2-3-5(7)8/h4,6H,2-3H2,1H3,(H,7,8). The van der Waals surface area contributed by atoms with E-state index < -0.39 is 0 Å². The zero-order valence-corrected chi connectivity index (χ0v) is 5.69. The van der Waals surface area contributed by atoms with Crippen molar-refractivity contribution < 1.29 is 9.90 Å². The highest BCUT2D eigenvalue weighted by molar-refractivity contribution is 7.96. The van der Waals surface area contributed by atoms with Crippen LogP contribution in [0.3, 0.4) is 0 Å². The highest BCUT2D eigenvalue weighted by Crippen LogP contribution is 1.97. The van der Waals surface area contributed by atoms with Gasteiger partial charge in [-0.1, -0.05) is 0 Å². The van der Waals surface area contributed by atoms with Gasteiger partial charge in [0.2, 0.25) is 0 Å². The molecule has 0 saturated heterocycles. The van der Waals surface area contributed by atoms with E-state index in [4.69, 9.17) is 5.11 Å². The second-order valence-electron chi connectivity index (χ2n) is 1.78. The molecule has 0 aliphatic rings. The quantitative estimate of drug-likeness (QED) is 0.555. The van der Waals surface area contributed by atoms with Gasteiger partial charge in [0.25, 0.3) is 0 Å². The molecule has 0 aromatic heterocycles. The lowest BCUT2D eigenvalue weighted by atomic mass is 10.2. The third kappa shape index (κ3) is 5.98. The van der Waals surface area contributed by atoms with Crippen LogP contribution in [-0.4, -0.2) is 16.3 Å². The van der Waals surface area contributed by atoms with Gasteiger partial charge in [0.1, 0.15) is 0 Å². The third-order valence-electron chi connectivity index (χ3n) is 0.776. The first kappa shape index (κ1) is 7.98. The lowest BCUT2D eigenvalue weighted by molar-refractivity contribution is -0.111. The van der Waals surface area contributed by atoms with Crippen LogP contribution >= 0.6 is 12.6 Å². The Hall–Kier alpha value is -0.0200. The summed E-state index contributed by atoms with van der Waals surface area (Å²) >= 11 is 3.52. The second-order valence-corrected chi connectivity index (χ2v) is 2.28. The normalized spacial score (nSPS) is 13.4. The van der Waals surface area contributed by atoms with Crippen LogP contribution in [0.15, 0.2) is 0 Å². The van der Waals surface area contributed by atoms with Crippen molar-refractivity contribution in [3.8, 4) is 0 Å². The Balaban J connectivity index is 3.05. The van der Waals surface area contributed by atoms with Crippen molar-refractivity contribution in [2.45, 2.75) is 25.9 Å². The first-order valence-electron chi connectivity index (χ1n) is 2.53. The van der Waals surface area contributed by atoms with Crippen LogP contribution in [0.1, 0.15) is 19.8 Å². The largest absolute Gasteiger partial charge is 0.393 e. The van der Waals surface area contributed by atoms with E-state index in [2.05, 4.69) is 12.6 Å². The van der Waals surface area contributed by atoms with Crippen molar-refractivity contribution in [2.75, 3.05) is 0 Å². The summed E-state index contributed by atoms with van der Waals surface area (Å²) in [6.45, 7) is 1.65. The topological polar surface area (TPSA) is 37.3 Å². The van der Waals surface area contributed by atoms with Crippen LogP contribution < -0.4 is 0 Å². The van der Waals surface area contributed by atoms with E-state index in [1.165, 1.54) is 0 Å². The van der Waals surface area contributed by atoms with Crippen molar-refractivity contribution in [1.29, 1.82) is 0 Å². The fraction of sp³-hybridized carbons (Fsp3) is 0.800. The minimum absolute atomic E-state index is 0.161. The molecule has 0 bridgehead atoms. The number of carbonyl (C=O) groups excluding carboxylic acids is 1. The summed E-state index contributed by atoms with van der Waals surface area (Å²) in [7, 11) is 0. The number of rotatable bonds is 3. The van der Waals surface area contributed by atoms with Gasteiger partial charge in [-0.25, -0.2) is 0 Å². The molecule has 0 saturated carbocycles. The molecule has 0 aliphatic heterocycles. The summed E-state index contributed by atoms with van der Waals surface area (Å²) in [5.74, 6) is 0. The Bertz CT molecular complexity index is 80.5. The second kappa shape index (κ2) is 3.92. The fourth-order valence-electron chi connectivity index (χ4n) is 0.332. The minimum Gasteiger partial charge on any atom is -0.393 e. The molecule has 1 atom stereocenters. The predicted molar refractivity (Wildman–Crippen MR) is 34.9 cm³/mol. The van der Waals surface area contributed by atoms with Gasteiger partial charge in [0.15, 0.2) is 5.12 Å². The maximum atomic E-state index is 10.1. The molecule has 0 rings (SSSR count). The van der Waals surface area contributed by atoms with E-state index in [-0.39, 0.29) is 11.2 Å². The Morgan fingerprint density at radius 1 is 1.88 bits per heavy atom. The summed E-state index contributed by atoms with van der Waals surface area (Å²) in [5.41, 5.74) is 0. The van der Waals surface area contributed by atoms with Crippen LogP contribution in [0, 0.1) is 0 Å². The molecule has 2 nitrogen and oxygen atoms in total. The number of aliphatic hydroxyl groups is 1. The van der Waals surface area contributed by atoms with Crippen molar-refractivity contribution in [1.82, 2.24) is 0 Å². The molecule has 1 N–H and O–H groups in total. The summed E-state index contributed by atoms with van der Waals surface area (Å²) in [6.07, 6.45) is 0.495. The van der Waals surface area contributed by atoms with Crippen molar-refractivity contribution in [2.24, 2.45) is 0 Å². The van der Waals surface area contributed by atoms with E-state index in [0.717, 1.165) is 0 Å². The first-order valence-corrected chi connectivity index (χ1v) is 2.97. The monoisotopic (exact) mass is 134 g/mol. The molecular weight excluding hydrogens is 124 g/mol. The van der Waals surface area contributed by atoms with Crippen LogP contribution in [0.4, 0.5) is 0 Å². The minimum atomic E-state index is -0.383. The predicted octanol–water partition coefficient (Wildman–Crippen LogP) is 0.604. The van der Waals surface area contributed by atoms with Gasteiger partial charge in [-0.3, -0.25) is 4.79 Å². The van der Waals surface area contributed by atoms with Crippen molar-refractivity contribution in [3.63, 3.8) is 0 Å². The van der Waals surface area contributed by atoms with Gasteiger partial charge in [0, 0.05) is 6.42 Å². The fourth-order valence-corrected chi connectivity index (χ4v) is 0.461. The number of aliphatic hydroxyl groups excluding tert-OH is 1. The Morgan fingerprint density at radius 2 is 2.38 bits per heavy atom. The van der Waals surface area contributed by atoms with E-state index in [1.807, 2.05) is 0 Å². The number of carbonyl (C=O) groups is 1. The van der Waals surface area contributed by atoms with Crippen LogP contribution in [0.25, 0.3) is 0 Å². The third-order valence-corrected chi connectivity index (χ3v) is 1.000. The lowest BCUT2D eigenvalue weighted by Gasteiger charge is -1.97. The van der Waals surface area contributed by atoms with Gasteiger partial charge >= 0.3 is 0 Å². The molecule has 0 amide bonds. The SMILES string of the molecule is CC(O)CCC(=O)S. The van der Waals surface area contributed by atoms with Crippen LogP contribution in [-0.2, 0) is 4.79 Å². The number of hydrogen-bond acceptors (Lipinski definition) is 2.